The molecule has 1 fully saturated rings. The standard InChI is InChI=1S/C15H22N4O2/c1-10(17-2)11-5-3-6-12(9-11)18-15(21)19-8-4-7-13(19)14(16)20/h3,5-6,9-10,13,17H,4,7-8H2,1-2H3,(H2,16,20)(H,18,21). The van der Waals surface area contributed by atoms with Gasteiger partial charge in [0.15, 0.2) is 0 Å². The average Bonchev–Trinajstić information content (AvgIpc) is 2.96. The van der Waals surface area contributed by atoms with E-state index in [1.165, 1.54) is 4.90 Å². The molecule has 0 spiro atoms. The first-order chi connectivity index (χ1) is 10.0. The number of primary amides is 1. The smallest absolute Gasteiger partial charge is 0.322 e. The van der Waals surface area contributed by atoms with Crippen LogP contribution in [0, 0.1) is 0 Å². The van der Waals surface area contributed by atoms with Crippen LogP contribution in [0.2, 0.25) is 0 Å². The van der Waals surface area contributed by atoms with E-state index in [4.69, 9.17) is 5.73 Å². The lowest BCUT2D eigenvalue weighted by atomic mass is 10.1. The van der Waals surface area contributed by atoms with Crippen molar-refractivity contribution in [3.8, 4) is 0 Å². The molecule has 6 nitrogen and oxygen atoms in total. The van der Waals surface area contributed by atoms with Crippen molar-refractivity contribution in [2.24, 2.45) is 5.73 Å². The third-order valence-corrected chi connectivity index (χ3v) is 3.91. The van der Waals surface area contributed by atoms with Crippen LogP contribution < -0.4 is 16.4 Å². The summed E-state index contributed by atoms with van der Waals surface area (Å²) in [6.45, 7) is 2.61. The van der Waals surface area contributed by atoms with E-state index in [-0.39, 0.29) is 12.1 Å². The second-order valence-electron chi connectivity index (χ2n) is 5.32. The molecule has 1 aliphatic rings. The normalized spacial score (nSPS) is 19.3. The van der Waals surface area contributed by atoms with E-state index in [0.29, 0.717) is 13.0 Å². The molecule has 2 atom stereocenters. The van der Waals surface area contributed by atoms with Gasteiger partial charge >= 0.3 is 6.03 Å². The SMILES string of the molecule is CNC(C)c1cccc(NC(=O)N2CCCC2C(N)=O)c1. The van der Waals surface area contributed by atoms with Gasteiger partial charge in [-0.25, -0.2) is 4.79 Å². The zero-order valence-corrected chi connectivity index (χ0v) is 12.4. The third-order valence-electron chi connectivity index (χ3n) is 3.91. The molecule has 4 N–H and O–H groups in total. The molecule has 1 saturated heterocycles. The first-order valence-corrected chi connectivity index (χ1v) is 7.17. The molecule has 1 aliphatic heterocycles. The van der Waals surface area contributed by atoms with Crippen LogP contribution in [0.4, 0.5) is 10.5 Å². The van der Waals surface area contributed by atoms with Gasteiger partial charge in [0.2, 0.25) is 5.91 Å². The topological polar surface area (TPSA) is 87.5 Å². The van der Waals surface area contributed by atoms with Gasteiger partial charge in [-0.3, -0.25) is 4.79 Å². The maximum absolute atomic E-state index is 12.3. The number of rotatable bonds is 4. The van der Waals surface area contributed by atoms with E-state index in [9.17, 15) is 9.59 Å². The van der Waals surface area contributed by atoms with Crippen LogP contribution in [0.25, 0.3) is 0 Å². The van der Waals surface area contributed by atoms with E-state index >= 15 is 0 Å². The summed E-state index contributed by atoms with van der Waals surface area (Å²) in [4.78, 5) is 25.1. The van der Waals surface area contributed by atoms with Gasteiger partial charge in [0.25, 0.3) is 0 Å². The van der Waals surface area contributed by atoms with Crippen LogP contribution in [-0.4, -0.2) is 36.5 Å². The molecule has 2 unspecified atom stereocenters. The number of urea groups is 1. The maximum atomic E-state index is 12.3. The highest BCUT2D eigenvalue weighted by Crippen LogP contribution is 2.20. The molecule has 3 amide bonds. The van der Waals surface area contributed by atoms with Crippen LogP contribution in [-0.2, 0) is 4.79 Å². The summed E-state index contributed by atoms with van der Waals surface area (Å²) in [6.07, 6.45) is 1.44. The Morgan fingerprint density at radius 3 is 2.86 bits per heavy atom. The molecular weight excluding hydrogens is 268 g/mol. The highest BCUT2D eigenvalue weighted by molar-refractivity contribution is 5.93. The number of carbonyl (C=O) groups is 2. The summed E-state index contributed by atoms with van der Waals surface area (Å²) < 4.78 is 0. The van der Waals surface area contributed by atoms with Gasteiger partial charge in [0.1, 0.15) is 6.04 Å². The number of nitrogens with one attached hydrogen (secondary N) is 2. The van der Waals surface area contributed by atoms with Gasteiger partial charge in [0.05, 0.1) is 0 Å². The van der Waals surface area contributed by atoms with Gasteiger partial charge in [0, 0.05) is 18.3 Å². The van der Waals surface area contributed by atoms with Gasteiger partial charge in [-0.1, -0.05) is 12.1 Å². The number of anilines is 1. The third kappa shape index (κ3) is 3.52. The molecule has 114 valence electrons. The molecule has 0 aliphatic carbocycles. The molecule has 1 aromatic carbocycles. The highest BCUT2D eigenvalue weighted by Gasteiger charge is 2.32. The molecule has 0 radical (unpaired) electrons. The van der Waals surface area contributed by atoms with Crippen molar-refractivity contribution in [3.05, 3.63) is 29.8 Å². The van der Waals surface area contributed by atoms with Gasteiger partial charge in [-0.2, -0.15) is 0 Å². The zero-order chi connectivity index (χ0) is 15.4. The molecular formula is C15H22N4O2. The number of carbonyl (C=O) groups excluding carboxylic acids is 2. The van der Waals surface area contributed by atoms with Gasteiger partial charge in [-0.05, 0) is 44.5 Å². The summed E-state index contributed by atoms with van der Waals surface area (Å²) in [5.41, 5.74) is 7.14. The Bertz CT molecular complexity index is 532. The van der Waals surface area contributed by atoms with Crippen LogP contribution in [0.5, 0.6) is 0 Å². The minimum atomic E-state index is -0.496. The fraction of sp³-hybridized carbons (Fsp3) is 0.467. The fourth-order valence-electron chi connectivity index (χ4n) is 2.55. The molecule has 6 heteroatoms. The lowest BCUT2D eigenvalue weighted by Gasteiger charge is -2.23. The van der Waals surface area contributed by atoms with Crippen molar-refractivity contribution < 1.29 is 9.59 Å². The van der Waals surface area contributed by atoms with Gasteiger partial charge < -0.3 is 21.3 Å². The van der Waals surface area contributed by atoms with E-state index in [2.05, 4.69) is 10.6 Å². The molecule has 0 saturated carbocycles. The number of benzene rings is 1. The van der Waals surface area contributed by atoms with Crippen molar-refractivity contribution in [2.75, 3.05) is 18.9 Å². The molecule has 0 bridgehead atoms. The molecule has 1 aromatic rings. The van der Waals surface area contributed by atoms with Crippen molar-refractivity contribution in [3.63, 3.8) is 0 Å². The zero-order valence-electron chi connectivity index (χ0n) is 12.4. The van der Waals surface area contributed by atoms with Crippen LogP contribution in [0.15, 0.2) is 24.3 Å². The second-order valence-corrected chi connectivity index (χ2v) is 5.32. The second kappa shape index (κ2) is 6.58. The minimum Gasteiger partial charge on any atom is -0.368 e. The Kier molecular flexibility index (Phi) is 4.80. The number of amides is 3. The molecule has 2 rings (SSSR count). The van der Waals surface area contributed by atoms with E-state index in [1.54, 1.807) is 0 Å². The Balaban J connectivity index is 2.07. The Labute approximate surface area is 124 Å². The highest BCUT2D eigenvalue weighted by atomic mass is 16.2. The van der Waals surface area contributed by atoms with Gasteiger partial charge in [-0.15, -0.1) is 0 Å². The lowest BCUT2D eigenvalue weighted by Crippen LogP contribution is -2.45. The minimum absolute atomic E-state index is 0.201. The quantitative estimate of drug-likeness (QED) is 0.784. The molecule has 21 heavy (non-hydrogen) atoms. The van der Waals surface area contributed by atoms with Crippen molar-refractivity contribution >= 4 is 17.6 Å². The lowest BCUT2D eigenvalue weighted by molar-refractivity contribution is -0.121. The summed E-state index contributed by atoms with van der Waals surface area (Å²) in [5, 5.41) is 5.99. The van der Waals surface area contributed by atoms with E-state index in [1.807, 2.05) is 38.2 Å². The Morgan fingerprint density at radius 1 is 1.43 bits per heavy atom. The summed E-state index contributed by atoms with van der Waals surface area (Å²) >= 11 is 0. The number of nitrogens with two attached hydrogens (primary N) is 1. The van der Waals surface area contributed by atoms with Crippen LogP contribution in [0.1, 0.15) is 31.4 Å². The Morgan fingerprint density at radius 2 is 2.19 bits per heavy atom. The van der Waals surface area contributed by atoms with E-state index in [0.717, 1.165) is 17.7 Å². The molecule has 1 heterocycles. The maximum Gasteiger partial charge on any atom is 0.322 e. The Hall–Kier alpha value is -2.08. The first-order valence-electron chi connectivity index (χ1n) is 7.17. The van der Waals surface area contributed by atoms with Crippen LogP contribution in [0.3, 0.4) is 0 Å². The average molecular weight is 290 g/mol. The predicted octanol–water partition coefficient (Wildman–Crippen LogP) is 1.45. The number of hydrogen-bond donors (Lipinski definition) is 3. The monoisotopic (exact) mass is 290 g/mol. The molecule has 0 aromatic heterocycles. The predicted molar refractivity (Wildman–Crippen MR) is 81.9 cm³/mol. The first kappa shape index (κ1) is 15.3. The fourth-order valence-corrected chi connectivity index (χ4v) is 2.55. The summed E-state index contributed by atoms with van der Waals surface area (Å²) in [5.74, 6) is -0.444. The van der Waals surface area contributed by atoms with E-state index < -0.39 is 11.9 Å². The summed E-state index contributed by atoms with van der Waals surface area (Å²) in [7, 11) is 1.89. The number of likely N-dealkylation sites (tertiary alicyclic amines) is 1. The largest absolute Gasteiger partial charge is 0.368 e. The van der Waals surface area contributed by atoms with Crippen molar-refractivity contribution in [2.45, 2.75) is 31.8 Å². The summed E-state index contributed by atoms with van der Waals surface area (Å²) in [6, 6.07) is 7.09. The number of nitrogens with zero attached hydrogens (tertiary/aromatic N) is 1. The van der Waals surface area contributed by atoms with Crippen molar-refractivity contribution in [1.82, 2.24) is 10.2 Å². The van der Waals surface area contributed by atoms with Crippen LogP contribution >= 0.6 is 0 Å². The number of hydrogen-bond acceptors (Lipinski definition) is 3. The van der Waals surface area contributed by atoms with Crippen molar-refractivity contribution in [1.29, 1.82) is 0 Å².